The van der Waals surface area contributed by atoms with E-state index in [0.29, 0.717) is 22.2 Å². The molecule has 1 aliphatic rings. The smallest absolute Gasteiger partial charge is 0.224 e. The van der Waals surface area contributed by atoms with Gasteiger partial charge in [-0.3, -0.25) is 4.79 Å². The number of nitrogens with zero attached hydrogens (tertiary/aromatic N) is 2. The molecule has 128 valence electrons. The molecule has 0 atom stereocenters. The number of benzene rings is 1. The summed E-state index contributed by atoms with van der Waals surface area (Å²) in [4.78, 5) is 16.9. The standard InChI is InChI=1S/C17H25Cl2N3O/c1-2-21-9-11-22(12-10-21)8-4-7-20-17(23)13-14-15(18)5-3-6-16(14)19/h3,5-6H,2,4,7-13H2,1H3,(H,20,23). The van der Waals surface area contributed by atoms with Crippen LogP contribution in [0.1, 0.15) is 18.9 Å². The van der Waals surface area contributed by atoms with Gasteiger partial charge in [-0.05, 0) is 37.2 Å². The lowest BCUT2D eigenvalue weighted by atomic mass is 10.1. The summed E-state index contributed by atoms with van der Waals surface area (Å²) in [5, 5.41) is 4.04. The van der Waals surface area contributed by atoms with Gasteiger partial charge >= 0.3 is 0 Å². The van der Waals surface area contributed by atoms with Gasteiger partial charge in [0.2, 0.25) is 5.91 Å². The minimum atomic E-state index is -0.0317. The van der Waals surface area contributed by atoms with Crippen LogP contribution in [0.15, 0.2) is 18.2 Å². The Kier molecular flexibility index (Phi) is 7.63. The molecule has 0 aliphatic carbocycles. The normalized spacial score (nSPS) is 16.5. The number of amides is 1. The summed E-state index contributed by atoms with van der Waals surface area (Å²) < 4.78 is 0. The molecule has 0 bridgehead atoms. The fourth-order valence-corrected chi connectivity index (χ4v) is 3.31. The Labute approximate surface area is 148 Å². The van der Waals surface area contributed by atoms with Crippen molar-refractivity contribution in [2.24, 2.45) is 0 Å². The first-order chi connectivity index (χ1) is 11.1. The lowest BCUT2D eigenvalue weighted by molar-refractivity contribution is -0.120. The Hall–Kier alpha value is -0.810. The molecule has 0 radical (unpaired) electrons. The zero-order valence-corrected chi connectivity index (χ0v) is 15.2. The number of piperazine rings is 1. The first-order valence-corrected chi connectivity index (χ1v) is 9.00. The van der Waals surface area contributed by atoms with Crippen LogP contribution in [0.3, 0.4) is 0 Å². The molecule has 0 aromatic heterocycles. The van der Waals surface area contributed by atoms with Crippen molar-refractivity contribution in [1.82, 2.24) is 15.1 Å². The highest BCUT2D eigenvalue weighted by molar-refractivity contribution is 6.36. The molecule has 1 aromatic carbocycles. The topological polar surface area (TPSA) is 35.6 Å². The van der Waals surface area contributed by atoms with Crippen LogP contribution in [-0.4, -0.2) is 61.5 Å². The van der Waals surface area contributed by atoms with E-state index in [1.165, 1.54) is 0 Å². The van der Waals surface area contributed by atoms with Crippen molar-refractivity contribution in [3.63, 3.8) is 0 Å². The minimum absolute atomic E-state index is 0.0317. The predicted octanol–water partition coefficient (Wildman–Crippen LogP) is 2.68. The van der Waals surface area contributed by atoms with Gasteiger partial charge in [-0.25, -0.2) is 0 Å². The second-order valence-electron chi connectivity index (χ2n) is 5.86. The number of carbonyl (C=O) groups excluding carboxylic acids is 1. The van der Waals surface area contributed by atoms with E-state index in [0.717, 1.165) is 45.7 Å². The molecule has 0 unspecified atom stereocenters. The van der Waals surface area contributed by atoms with Gasteiger partial charge in [0.05, 0.1) is 6.42 Å². The van der Waals surface area contributed by atoms with Gasteiger partial charge in [0.15, 0.2) is 0 Å². The fourth-order valence-electron chi connectivity index (χ4n) is 2.78. The van der Waals surface area contributed by atoms with Crippen molar-refractivity contribution < 1.29 is 4.79 Å². The fraction of sp³-hybridized carbons (Fsp3) is 0.588. The van der Waals surface area contributed by atoms with Crippen molar-refractivity contribution in [2.75, 3.05) is 45.8 Å². The van der Waals surface area contributed by atoms with Gasteiger partial charge in [-0.1, -0.05) is 36.2 Å². The molecule has 1 amide bonds. The number of halogens is 2. The van der Waals surface area contributed by atoms with Crippen LogP contribution in [0.5, 0.6) is 0 Å². The molecular formula is C17H25Cl2N3O. The summed E-state index contributed by atoms with van der Waals surface area (Å²) in [5.41, 5.74) is 0.698. The third-order valence-electron chi connectivity index (χ3n) is 4.28. The largest absolute Gasteiger partial charge is 0.356 e. The van der Waals surface area contributed by atoms with E-state index in [2.05, 4.69) is 22.0 Å². The number of hydrogen-bond donors (Lipinski definition) is 1. The number of likely N-dealkylation sites (N-methyl/N-ethyl adjacent to an activating group) is 1. The molecule has 6 heteroatoms. The van der Waals surface area contributed by atoms with Gasteiger partial charge in [0.25, 0.3) is 0 Å². The molecule has 0 saturated carbocycles. The van der Waals surface area contributed by atoms with Crippen molar-refractivity contribution in [3.05, 3.63) is 33.8 Å². The van der Waals surface area contributed by atoms with Crippen LogP contribution < -0.4 is 5.32 Å². The van der Waals surface area contributed by atoms with Gasteiger partial charge in [0.1, 0.15) is 0 Å². The summed E-state index contributed by atoms with van der Waals surface area (Å²) in [6.45, 7) is 9.60. The van der Waals surface area contributed by atoms with Crippen LogP contribution in [0, 0.1) is 0 Å². The number of hydrogen-bond acceptors (Lipinski definition) is 3. The Balaban J connectivity index is 1.64. The number of nitrogens with one attached hydrogen (secondary N) is 1. The molecule has 1 aromatic rings. The monoisotopic (exact) mass is 357 g/mol. The van der Waals surface area contributed by atoms with E-state index in [4.69, 9.17) is 23.2 Å². The quantitative estimate of drug-likeness (QED) is 0.762. The van der Waals surface area contributed by atoms with Crippen LogP contribution in [0.25, 0.3) is 0 Å². The first kappa shape index (κ1) is 18.5. The second-order valence-corrected chi connectivity index (χ2v) is 6.67. The highest BCUT2D eigenvalue weighted by Crippen LogP contribution is 2.24. The van der Waals surface area contributed by atoms with Crippen molar-refractivity contribution in [3.8, 4) is 0 Å². The van der Waals surface area contributed by atoms with E-state index in [1.54, 1.807) is 18.2 Å². The molecule has 4 nitrogen and oxygen atoms in total. The third-order valence-corrected chi connectivity index (χ3v) is 4.99. The zero-order chi connectivity index (χ0) is 16.7. The third kappa shape index (κ3) is 5.96. The maximum atomic E-state index is 12.0. The molecule has 1 saturated heterocycles. The zero-order valence-electron chi connectivity index (χ0n) is 13.7. The van der Waals surface area contributed by atoms with E-state index < -0.39 is 0 Å². The molecule has 23 heavy (non-hydrogen) atoms. The molecular weight excluding hydrogens is 333 g/mol. The maximum Gasteiger partial charge on any atom is 0.224 e. The number of rotatable bonds is 7. The van der Waals surface area contributed by atoms with E-state index in [9.17, 15) is 4.79 Å². The lowest BCUT2D eigenvalue weighted by Gasteiger charge is -2.33. The van der Waals surface area contributed by atoms with E-state index in [-0.39, 0.29) is 12.3 Å². The predicted molar refractivity (Wildman–Crippen MR) is 96.3 cm³/mol. The lowest BCUT2D eigenvalue weighted by Crippen LogP contribution is -2.46. The Morgan fingerprint density at radius 3 is 2.35 bits per heavy atom. The van der Waals surface area contributed by atoms with Crippen molar-refractivity contribution >= 4 is 29.1 Å². The van der Waals surface area contributed by atoms with Crippen molar-refractivity contribution in [2.45, 2.75) is 19.8 Å². The maximum absolute atomic E-state index is 12.0. The highest BCUT2D eigenvalue weighted by Gasteiger charge is 2.15. The Morgan fingerprint density at radius 1 is 1.13 bits per heavy atom. The van der Waals surface area contributed by atoms with Crippen LogP contribution in [0.4, 0.5) is 0 Å². The number of carbonyl (C=O) groups is 1. The molecule has 1 heterocycles. The van der Waals surface area contributed by atoms with Crippen LogP contribution in [-0.2, 0) is 11.2 Å². The SMILES string of the molecule is CCN1CCN(CCCNC(=O)Cc2c(Cl)cccc2Cl)CC1. The average Bonchev–Trinajstić information content (AvgIpc) is 2.56. The van der Waals surface area contributed by atoms with Crippen molar-refractivity contribution in [1.29, 1.82) is 0 Å². The highest BCUT2D eigenvalue weighted by atomic mass is 35.5. The molecule has 1 fully saturated rings. The summed E-state index contributed by atoms with van der Waals surface area (Å²) in [6.07, 6.45) is 1.20. The van der Waals surface area contributed by atoms with Gasteiger partial charge in [-0.15, -0.1) is 0 Å². The van der Waals surface area contributed by atoms with E-state index in [1.807, 2.05) is 0 Å². The summed E-state index contributed by atoms with van der Waals surface area (Å²) in [6, 6.07) is 5.29. The minimum Gasteiger partial charge on any atom is -0.356 e. The second kappa shape index (κ2) is 9.48. The molecule has 1 aliphatic heterocycles. The van der Waals surface area contributed by atoms with Crippen LogP contribution in [0.2, 0.25) is 10.0 Å². The average molecular weight is 358 g/mol. The molecule has 0 spiro atoms. The summed E-state index contributed by atoms with van der Waals surface area (Å²) in [7, 11) is 0. The Bertz CT molecular complexity index is 496. The summed E-state index contributed by atoms with van der Waals surface area (Å²) >= 11 is 12.2. The molecule has 2 rings (SSSR count). The van der Waals surface area contributed by atoms with Gasteiger partial charge < -0.3 is 15.1 Å². The molecule has 1 N–H and O–H groups in total. The van der Waals surface area contributed by atoms with Gasteiger partial charge in [0, 0.05) is 42.8 Å². The van der Waals surface area contributed by atoms with Gasteiger partial charge in [-0.2, -0.15) is 0 Å². The summed E-state index contributed by atoms with van der Waals surface area (Å²) in [5.74, 6) is -0.0317. The van der Waals surface area contributed by atoms with E-state index >= 15 is 0 Å². The van der Waals surface area contributed by atoms with Crippen LogP contribution >= 0.6 is 23.2 Å². The first-order valence-electron chi connectivity index (χ1n) is 8.24. The Morgan fingerprint density at radius 2 is 1.74 bits per heavy atom.